The Kier molecular flexibility index (Phi) is 2.36. The van der Waals surface area contributed by atoms with Crippen molar-refractivity contribution >= 4 is 22.4 Å². The van der Waals surface area contributed by atoms with Gasteiger partial charge in [-0.05, 0) is 0 Å². The Bertz CT molecular complexity index is 514. The van der Waals surface area contributed by atoms with Crippen molar-refractivity contribution in [3.05, 3.63) is 46.4 Å². The van der Waals surface area contributed by atoms with Crippen LogP contribution in [0.5, 0.6) is 0 Å². The number of carbonyl (C=O) groups is 2. The fourth-order valence-electron chi connectivity index (χ4n) is 1.50. The van der Waals surface area contributed by atoms with Gasteiger partial charge in [-0.2, -0.15) is 0 Å². The molecule has 0 radical (unpaired) electrons. The van der Waals surface area contributed by atoms with Crippen molar-refractivity contribution in [1.29, 1.82) is 0 Å². The number of rotatable bonds is 1. The third kappa shape index (κ3) is 1.57. The van der Waals surface area contributed by atoms with Crippen LogP contribution in [0.2, 0.25) is 0 Å². The normalized spacial score (nSPS) is 17.0. The zero-order valence-electron chi connectivity index (χ0n) is 8.02. The summed E-state index contributed by atoms with van der Waals surface area (Å²) in [5, 5.41) is 0. The predicted octanol–water partition coefficient (Wildman–Crippen LogP) is 1.33. The molecule has 1 aromatic rings. The second kappa shape index (κ2) is 3.55. The number of ketones is 2. The summed E-state index contributed by atoms with van der Waals surface area (Å²) in [7, 11) is -1.42. The van der Waals surface area contributed by atoms with Crippen molar-refractivity contribution in [2.75, 3.05) is 6.26 Å². The van der Waals surface area contributed by atoms with E-state index in [1.807, 2.05) is 0 Å². The molecule has 0 aromatic heterocycles. The highest BCUT2D eigenvalue weighted by Crippen LogP contribution is 2.22. The molecule has 0 amide bonds. The maximum Gasteiger partial charge on any atom is 0.202 e. The van der Waals surface area contributed by atoms with E-state index < -0.39 is 10.8 Å². The first-order chi connectivity index (χ1) is 7.11. The molecule has 0 saturated carbocycles. The number of carbonyl (C=O) groups excluding carboxylic acids is 2. The van der Waals surface area contributed by atoms with Crippen LogP contribution in [0.3, 0.4) is 0 Å². The van der Waals surface area contributed by atoms with E-state index in [0.29, 0.717) is 11.1 Å². The van der Waals surface area contributed by atoms with Crippen molar-refractivity contribution in [2.24, 2.45) is 0 Å². The highest BCUT2D eigenvalue weighted by atomic mass is 32.2. The van der Waals surface area contributed by atoms with Gasteiger partial charge in [0.05, 0.1) is 15.7 Å². The van der Waals surface area contributed by atoms with Crippen molar-refractivity contribution in [3.63, 3.8) is 0 Å². The van der Waals surface area contributed by atoms with Crippen LogP contribution >= 0.6 is 0 Å². The number of allylic oxidation sites excluding steroid dienone is 2. The summed E-state index contributed by atoms with van der Waals surface area (Å²) >= 11 is 0. The summed E-state index contributed by atoms with van der Waals surface area (Å²) in [5.41, 5.74) is 0.729. The van der Waals surface area contributed by atoms with E-state index in [2.05, 4.69) is 0 Å². The summed E-state index contributed by atoms with van der Waals surface area (Å²) < 4.78 is 11.2. The standard InChI is InChI=1S/C11H8O3S/c1-15(14)10-6-9(12)7-4-2-3-5-8(7)11(10)13/h2-6H,1H3. The fourth-order valence-corrected chi connectivity index (χ4v) is 2.15. The van der Waals surface area contributed by atoms with Gasteiger partial charge in [0.15, 0.2) is 5.78 Å². The Morgan fingerprint density at radius 1 is 1.07 bits per heavy atom. The van der Waals surface area contributed by atoms with E-state index in [1.165, 1.54) is 12.3 Å². The summed E-state index contributed by atoms with van der Waals surface area (Å²) in [5.74, 6) is -0.568. The molecule has 1 unspecified atom stereocenters. The molecule has 0 saturated heterocycles. The third-order valence-corrected chi connectivity index (χ3v) is 3.16. The minimum absolute atomic E-state index is 0.0821. The molecule has 1 atom stereocenters. The van der Waals surface area contributed by atoms with Crippen LogP contribution in [0.4, 0.5) is 0 Å². The second-order valence-corrected chi connectivity index (χ2v) is 4.55. The third-order valence-electron chi connectivity index (χ3n) is 2.23. The molecule has 1 aliphatic rings. The first-order valence-corrected chi connectivity index (χ1v) is 5.90. The van der Waals surface area contributed by atoms with E-state index in [4.69, 9.17) is 0 Å². The van der Waals surface area contributed by atoms with E-state index in [9.17, 15) is 13.8 Å². The Labute approximate surface area is 89.3 Å². The lowest BCUT2D eigenvalue weighted by Gasteiger charge is -2.12. The van der Waals surface area contributed by atoms with Crippen LogP contribution in [0.1, 0.15) is 20.7 Å². The lowest BCUT2D eigenvalue weighted by atomic mass is 9.95. The van der Waals surface area contributed by atoms with Gasteiger partial charge >= 0.3 is 0 Å². The van der Waals surface area contributed by atoms with Crippen LogP contribution in [0, 0.1) is 0 Å². The van der Waals surface area contributed by atoms with Gasteiger partial charge in [0, 0.05) is 23.5 Å². The summed E-state index contributed by atoms with van der Waals surface area (Å²) in [6.07, 6.45) is 2.56. The molecule has 2 rings (SSSR count). The van der Waals surface area contributed by atoms with Crippen molar-refractivity contribution in [3.8, 4) is 0 Å². The highest BCUT2D eigenvalue weighted by molar-refractivity contribution is 7.89. The number of benzene rings is 1. The maximum atomic E-state index is 11.8. The molecule has 0 spiro atoms. The molecular weight excluding hydrogens is 212 g/mol. The molecule has 0 aliphatic heterocycles. The molecule has 1 aromatic carbocycles. The van der Waals surface area contributed by atoms with E-state index in [-0.39, 0.29) is 16.5 Å². The molecule has 3 nitrogen and oxygen atoms in total. The molecule has 0 bridgehead atoms. The molecule has 0 N–H and O–H groups in total. The van der Waals surface area contributed by atoms with Gasteiger partial charge in [0.1, 0.15) is 0 Å². The lowest BCUT2D eigenvalue weighted by Crippen LogP contribution is -2.18. The van der Waals surface area contributed by atoms with Crippen LogP contribution in [0.15, 0.2) is 35.2 Å². The smallest absolute Gasteiger partial charge is 0.202 e. The zero-order valence-corrected chi connectivity index (χ0v) is 8.84. The Morgan fingerprint density at radius 3 is 2.27 bits per heavy atom. The quantitative estimate of drug-likeness (QED) is 0.717. The second-order valence-electron chi connectivity index (χ2n) is 3.20. The minimum Gasteiger partial charge on any atom is -0.289 e. The molecule has 15 heavy (non-hydrogen) atoms. The average Bonchev–Trinajstić information content (AvgIpc) is 2.23. The molecule has 0 fully saturated rings. The first-order valence-electron chi connectivity index (χ1n) is 4.34. The predicted molar refractivity (Wildman–Crippen MR) is 57.3 cm³/mol. The maximum absolute atomic E-state index is 11.8. The molecular formula is C11H8O3S. The van der Waals surface area contributed by atoms with Crippen molar-refractivity contribution < 1.29 is 13.8 Å². The van der Waals surface area contributed by atoms with E-state index in [1.54, 1.807) is 24.3 Å². The van der Waals surface area contributed by atoms with Gasteiger partial charge in [-0.25, -0.2) is 0 Å². The van der Waals surface area contributed by atoms with Gasteiger partial charge < -0.3 is 0 Å². The van der Waals surface area contributed by atoms with E-state index >= 15 is 0 Å². The average molecular weight is 220 g/mol. The van der Waals surface area contributed by atoms with Crippen LogP contribution < -0.4 is 0 Å². The topological polar surface area (TPSA) is 51.2 Å². The summed E-state index contributed by atoms with van der Waals surface area (Å²) in [6.45, 7) is 0. The molecule has 1 aliphatic carbocycles. The van der Waals surface area contributed by atoms with Gasteiger partial charge in [-0.15, -0.1) is 0 Å². The van der Waals surface area contributed by atoms with Crippen molar-refractivity contribution in [2.45, 2.75) is 0 Å². The van der Waals surface area contributed by atoms with Gasteiger partial charge in [-0.1, -0.05) is 24.3 Å². The van der Waals surface area contributed by atoms with Gasteiger partial charge in [0.2, 0.25) is 5.78 Å². The molecule has 4 heteroatoms. The van der Waals surface area contributed by atoms with Gasteiger partial charge in [0.25, 0.3) is 0 Å². The Morgan fingerprint density at radius 2 is 1.67 bits per heavy atom. The summed E-state index contributed by atoms with van der Waals surface area (Å²) in [4.78, 5) is 23.5. The fraction of sp³-hybridized carbons (Fsp3) is 0.0909. The highest BCUT2D eigenvalue weighted by Gasteiger charge is 2.26. The lowest BCUT2D eigenvalue weighted by molar-refractivity contribution is 0.0991. The van der Waals surface area contributed by atoms with Crippen LogP contribution in [0.25, 0.3) is 0 Å². The van der Waals surface area contributed by atoms with Crippen LogP contribution in [-0.2, 0) is 10.8 Å². The number of hydrogen-bond donors (Lipinski definition) is 0. The Hall–Kier alpha value is -1.55. The number of hydrogen-bond acceptors (Lipinski definition) is 3. The van der Waals surface area contributed by atoms with E-state index in [0.717, 1.165) is 0 Å². The zero-order chi connectivity index (χ0) is 11.0. The molecule has 0 heterocycles. The van der Waals surface area contributed by atoms with Gasteiger partial charge in [-0.3, -0.25) is 13.8 Å². The minimum atomic E-state index is -1.42. The summed E-state index contributed by atoms with van der Waals surface area (Å²) in [6, 6.07) is 6.56. The number of fused-ring (bicyclic) bond motifs is 1. The SMILES string of the molecule is CS(=O)C1=CC(=O)c2ccccc2C1=O. The monoisotopic (exact) mass is 220 g/mol. The molecule has 76 valence electrons. The number of Topliss-reactive ketones (excluding diaryl/α,β-unsaturated/α-hetero) is 1. The largest absolute Gasteiger partial charge is 0.289 e. The first kappa shape index (κ1) is 9.98. The Balaban J connectivity index is 2.64. The van der Waals surface area contributed by atoms with Crippen LogP contribution in [-0.4, -0.2) is 22.0 Å². The van der Waals surface area contributed by atoms with Crippen molar-refractivity contribution in [1.82, 2.24) is 0 Å².